The number of ether oxygens (including phenoxy) is 1. The molecule has 27 heavy (non-hydrogen) atoms. The van der Waals surface area contributed by atoms with Crippen LogP contribution in [0.2, 0.25) is 0 Å². The molecule has 1 N–H and O–H groups in total. The Morgan fingerprint density at radius 2 is 1.85 bits per heavy atom. The first kappa shape index (κ1) is 18.9. The van der Waals surface area contributed by atoms with Crippen molar-refractivity contribution in [3.63, 3.8) is 0 Å². The zero-order valence-corrected chi connectivity index (χ0v) is 15.8. The molecule has 8 heteroatoms. The highest BCUT2D eigenvalue weighted by molar-refractivity contribution is 7.17. The lowest BCUT2D eigenvalue weighted by Crippen LogP contribution is -2.16. The lowest BCUT2D eigenvalue weighted by molar-refractivity contribution is -0.114. The fourth-order valence-electron chi connectivity index (χ4n) is 2.35. The molecule has 0 saturated carbocycles. The first-order valence-corrected chi connectivity index (χ1v) is 9.60. The molecular weight excluding hydrogens is 389 g/mol. The Bertz CT molecular complexity index is 978. The minimum absolute atomic E-state index is 0.213. The summed E-state index contributed by atoms with van der Waals surface area (Å²) in [4.78, 5) is 37.1. The van der Waals surface area contributed by atoms with Crippen LogP contribution in [0.15, 0.2) is 47.2 Å². The Hall–Kier alpha value is -2.84. The minimum Gasteiger partial charge on any atom is -0.454 e. The predicted octanol–water partition coefficient (Wildman–Crippen LogP) is 4.61. The van der Waals surface area contributed by atoms with Gasteiger partial charge in [0.1, 0.15) is 16.4 Å². The van der Waals surface area contributed by atoms with Crippen LogP contribution in [0.5, 0.6) is 0 Å². The van der Waals surface area contributed by atoms with Crippen LogP contribution >= 0.6 is 22.7 Å². The second-order valence-electron chi connectivity index (χ2n) is 5.52. The van der Waals surface area contributed by atoms with E-state index < -0.39 is 24.2 Å². The second kappa shape index (κ2) is 8.24. The van der Waals surface area contributed by atoms with Crippen LogP contribution in [0.25, 0.3) is 10.4 Å². The van der Waals surface area contributed by atoms with Gasteiger partial charge in [-0.05, 0) is 35.7 Å². The van der Waals surface area contributed by atoms with Crippen molar-refractivity contribution >= 4 is 45.3 Å². The highest BCUT2D eigenvalue weighted by Gasteiger charge is 2.23. The Balaban J connectivity index is 1.80. The molecule has 1 amide bonds. The summed E-state index contributed by atoms with van der Waals surface area (Å²) in [6.07, 6.45) is 0. The van der Waals surface area contributed by atoms with E-state index in [1.54, 1.807) is 5.38 Å². The number of benzene rings is 1. The molecule has 0 unspecified atom stereocenters. The van der Waals surface area contributed by atoms with E-state index in [4.69, 9.17) is 4.74 Å². The largest absolute Gasteiger partial charge is 0.454 e. The minimum atomic E-state index is -0.709. The fraction of sp³-hybridized carbons (Fsp3) is 0.105. The van der Waals surface area contributed by atoms with E-state index in [1.165, 1.54) is 41.7 Å². The van der Waals surface area contributed by atoms with E-state index >= 15 is 0 Å². The molecule has 138 valence electrons. The number of carbonyl (C=O) groups is 3. The van der Waals surface area contributed by atoms with Crippen LogP contribution in [-0.4, -0.2) is 24.3 Å². The zero-order valence-electron chi connectivity index (χ0n) is 14.2. The third-order valence-corrected chi connectivity index (χ3v) is 5.37. The van der Waals surface area contributed by atoms with Gasteiger partial charge in [-0.15, -0.1) is 22.7 Å². The summed E-state index contributed by atoms with van der Waals surface area (Å²) in [5, 5.41) is 6.62. The monoisotopic (exact) mass is 403 g/mol. The van der Waals surface area contributed by atoms with Crippen molar-refractivity contribution in [3.05, 3.63) is 64.1 Å². The van der Waals surface area contributed by atoms with Crippen LogP contribution in [0, 0.1) is 5.82 Å². The predicted molar refractivity (Wildman–Crippen MR) is 103 cm³/mol. The summed E-state index contributed by atoms with van der Waals surface area (Å²) in [7, 11) is 0. The van der Waals surface area contributed by atoms with Gasteiger partial charge in [-0.2, -0.15) is 0 Å². The lowest BCUT2D eigenvalue weighted by atomic mass is 10.1. The number of ketones is 1. The van der Waals surface area contributed by atoms with Crippen molar-refractivity contribution in [2.24, 2.45) is 0 Å². The average Bonchev–Trinajstić information content (AvgIpc) is 3.29. The lowest BCUT2D eigenvalue weighted by Gasteiger charge is -2.08. The number of thiophene rings is 2. The van der Waals surface area contributed by atoms with Crippen LogP contribution in [0.3, 0.4) is 0 Å². The molecule has 5 nitrogen and oxygen atoms in total. The number of halogens is 1. The van der Waals surface area contributed by atoms with Gasteiger partial charge in [-0.3, -0.25) is 9.59 Å². The number of esters is 1. The van der Waals surface area contributed by atoms with Gasteiger partial charge in [0.15, 0.2) is 12.4 Å². The maximum atomic E-state index is 12.9. The van der Waals surface area contributed by atoms with Gasteiger partial charge in [-0.25, -0.2) is 9.18 Å². The maximum Gasteiger partial charge on any atom is 0.342 e. The van der Waals surface area contributed by atoms with Gasteiger partial charge in [0.25, 0.3) is 0 Å². The Morgan fingerprint density at radius 1 is 1.11 bits per heavy atom. The van der Waals surface area contributed by atoms with E-state index in [9.17, 15) is 18.8 Å². The first-order chi connectivity index (χ1) is 13.0. The van der Waals surface area contributed by atoms with Crippen LogP contribution in [0.1, 0.15) is 27.6 Å². The summed E-state index contributed by atoms with van der Waals surface area (Å²) in [5.74, 6) is -1.93. The number of Topliss-reactive ketones (excluding diaryl/α,β-unsaturated/α-hetero) is 1. The van der Waals surface area contributed by atoms with Crippen molar-refractivity contribution < 1.29 is 23.5 Å². The highest BCUT2D eigenvalue weighted by atomic mass is 32.1. The van der Waals surface area contributed by atoms with E-state index in [1.807, 2.05) is 17.5 Å². The van der Waals surface area contributed by atoms with Crippen molar-refractivity contribution in [1.29, 1.82) is 0 Å². The van der Waals surface area contributed by atoms with Crippen molar-refractivity contribution in [3.8, 4) is 10.4 Å². The highest BCUT2D eigenvalue weighted by Crippen LogP contribution is 2.38. The van der Waals surface area contributed by atoms with Gasteiger partial charge in [0.05, 0.1) is 0 Å². The topological polar surface area (TPSA) is 72.5 Å². The van der Waals surface area contributed by atoms with Crippen LogP contribution in [-0.2, 0) is 9.53 Å². The third kappa shape index (κ3) is 4.47. The number of nitrogens with one attached hydrogen (secondary N) is 1. The number of rotatable bonds is 6. The molecule has 0 fully saturated rings. The summed E-state index contributed by atoms with van der Waals surface area (Å²) in [6.45, 7) is 0.863. The maximum absolute atomic E-state index is 12.9. The molecule has 0 atom stereocenters. The summed E-state index contributed by atoms with van der Waals surface area (Å²) < 4.78 is 18.1. The summed E-state index contributed by atoms with van der Waals surface area (Å²) in [6, 6.07) is 8.69. The molecule has 0 spiro atoms. The molecule has 0 aliphatic heterocycles. The molecule has 3 aromatic rings. The van der Waals surface area contributed by atoms with Gasteiger partial charge < -0.3 is 10.1 Å². The van der Waals surface area contributed by atoms with Crippen molar-refractivity contribution in [1.82, 2.24) is 0 Å². The molecule has 0 aliphatic carbocycles. The van der Waals surface area contributed by atoms with Crippen molar-refractivity contribution in [2.75, 3.05) is 11.9 Å². The van der Waals surface area contributed by atoms with Gasteiger partial charge in [0.2, 0.25) is 5.91 Å². The number of hydrogen-bond donors (Lipinski definition) is 1. The molecule has 2 heterocycles. The van der Waals surface area contributed by atoms with E-state index in [0.717, 1.165) is 17.0 Å². The number of hydrogen-bond acceptors (Lipinski definition) is 6. The van der Waals surface area contributed by atoms with E-state index in [0.29, 0.717) is 10.6 Å². The Labute approximate surface area is 162 Å². The normalized spacial score (nSPS) is 10.4. The zero-order chi connectivity index (χ0) is 19.4. The van der Waals surface area contributed by atoms with Gasteiger partial charge >= 0.3 is 5.97 Å². The summed E-state index contributed by atoms with van der Waals surface area (Å²) >= 11 is 2.66. The third-order valence-electron chi connectivity index (χ3n) is 3.57. The fourth-order valence-corrected chi connectivity index (χ4v) is 4.17. The quantitative estimate of drug-likeness (QED) is 0.482. The molecule has 0 bridgehead atoms. The molecule has 1 aromatic carbocycles. The standard InChI is InChI=1S/C19H14FNO4S2/c1-11(22)21-18-17(14(10-27-18)16-3-2-8-26-16)19(24)25-9-15(23)12-4-6-13(20)7-5-12/h2-8,10H,9H2,1H3,(H,21,22). The Morgan fingerprint density at radius 3 is 2.48 bits per heavy atom. The SMILES string of the molecule is CC(=O)Nc1scc(-c2cccs2)c1C(=O)OCC(=O)c1ccc(F)cc1. The Kier molecular flexibility index (Phi) is 5.78. The van der Waals surface area contributed by atoms with E-state index in [-0.39, 0.29) is 17.0 Å². The summed E-state index contributed by atoms with van der Waals surface area (Å²) in [5.41, 5.74) is 1.10. The molecule has 0 saturated heterocycles. The van der Waals surface area contributed by atoms with Crippen molar-refractivity contribution in [2.45, 2.75) is 6.92 Å². The average molecular weight is 403 g/mol. The smallest absolute Gasteiger partial charge is 0.342 e. The molecule has 2 aromatic heterocycles. The second-order valence-corrected chi connectivity index (χ2v) is 7.35. The van der Waals surface area contributed by atoms with Crippen LogP contribution in [0.4, 0.5) is 9.39 Å². The number of amides is 1. The van der Waals surface area contributed by atoms with E-state index in [2.05, 4.69) is 5.32 Å². The van der Waals surface area contributed by atoms with Gasteiger partial charge in [0, 0.05) is 28.3 Å². The molecule has 3 rings (SSSR count). The van der Waals surface area contributed by atoms with Gasteiger partial charge in [-0.1, -0.05) is 6.07 Å². The molecule has 0 aliphatic rings. The van der Waals surface area contributed by atoms with Crippen LogP contribution < -0.4 is 5.32 Å². The number of anilines is 1. The first-order valence-electron chi connectivity index (χ1n) is 7.84. The molecule has 0 radical (unpaired) electrons. The number of carbonyl (C=O) groups excluding carboxylic acids is 3. The molecular formula is C19H14FNO4S2.